The highest BCUT2D eigenvalue weighted by Crippen LogP contribution is 2.48. The number of rotatable bonds is 8. The van der Waals surface area contributed by atoms with Crippen LogP contribution in [0.1, 0.15) is 47.3 Å². The third-order valence-corrected chi connectivity index (χ3v) is 7.90. The molecule has 2 aromatic rings. The second-order valence-electron chi connectivity index (χ2n) is 9.49. The number of hydrogen-bond acceptors (Lipinski definition) is 5. The van der Waals surface area contributed by atoms with Gasteiger partial charge < -0.3 is 19.5 Å². The van der Waals surface area contributed by atoms with Crippen molar-refractivity contribution in [2.45, 2.75) is 44.7 Å². The van der Waals surface area contributed by atoms with Crippen molar-refractivity contribution >= 4 is 5.91 Å². The molecule has 3 atom stereocenters. The van der Waals surface area contributed by atoms with Crippen molar-refractivity contribution in [3.05, 3.63) is 58.7 Å². The van der Waals surface area contributed by atoms with Crippen molar-refractivity contribution in [3.8, 4) is 11.5 Å². The summed E-state index contributed by atoms with van der Waals surface area (Å²) in [6.45, 7) is 7.96. The quantitative estimate of drug-likeness (QED) is 0.660. The van der Waals surface area contributed by atoms with Gasteiger partial charge >= 0.3 is 0 Å². The number of ether oxygens (including phenoxy) is 3. The van der Waals surface area contributed by atoms with E-state index in [-0.39, 0.29) is 11.3 Å². The van der Waals surface area contributed by atoms with E-state index in [4.69, 9.17) is 14.2 Å². The Morgan fingerprint density at radius 1 is 1.15 bits per heavy atom. The highest BCUT2D eigenvalue weighted by molar-refractivity contribution is 5.94. The van der Waals surface area contributed by atoms with Crippen LogP contribution in [0.5, 0.6) is 11.5 Å². The minimum atomic E-state index is -0.0634. The van der Waals surface area contributed by atoms with Crippen LogP contribution in [-0.2, 0) is 23.1 Å². The molecule has 4 rings (SSSR count). The van der Waals surface area contributed by atoms with Crippen LogP contribution < -0.4 is 14.8 Å². The first kappa shape index (κ1) is 23.6. The van der Waals surface area contributed by atoms with E-state index in [0.717, 1.165) is 49.4 Å². The molecule has 6 nitrogen and oxygen atoms in total. The van der Waals surface area contributed by atoms with E-state index in [1.54, 1.807) is 21.3 Å². The highest BCUT2D eigenvalue weighted by Gasteiger charge is 2.48. The van der Waals surface area contributed by atoms with Crippen molar-refractivity contribution in [3.63, 3.8) is 0 Å². The average molecular weight is 453 g/mol. The monoisotopic (exact) mass is 452 g/mol. The number of piperidine rings is 1. The predicted octanol–water partition coefficient (Wildman–Crippen LogP) is 3.80. The zero-order valence-electron chi connectivity index (χ0n) is 20.4. The summed E-state index contributed by atoms with van der Waals surface area (Å²) in [5, 5.41) is 3.06. The lowest BCUT2D eigenvalue weighted by atomic mass is 9.59. The van der Waals surface area contributed by atoms with Gasteiger partial charge in [0.25, 0.3) is 5.91 Å². The lowest BCUT2D eigenvalue weighted by Gasteiger charge is -2.54. The van der Waals surface area contributed by atoms with E-state index >= 15 is 0 Å². The second-order valence-corrected chi connectivity index (χ2v) is 9.49. The Morgan fingerprint density at radius 3 is 2.70 bits per heavy atom. The number of nitrogens with zero attached hydrogens (tertiary/aromatic N) is 1. The molecule has 1 fully saturated rings. The highest BCUT2D eigenvalue weighted by atomic mass is 16.5. The Bertz CT molecular complexity index is 1010. The summed E-state index contributed by atoms with van der Waals surface area (Å²) in [5.41, 5.74) is 4.42. The molecule has 178 valence electrons. The summed E-state index contributed by atoms with van der Waals surface area (Å²) in [6.07, 6.45) is 2.12. The topological polar surface area (TPSA) is 60.0 Å². The molecular formula is C27H36N2O4. The van der Waals surface area contributed by atoms with Gasteiger partial charge in [0.15, 0.2) is 0 Å². The summed E-state index contributed by atoms with van der Waals surface area (Å²) in [7, 11) is 5.02. The van der Waals surface area contributed by atoms with Gasteiger partial charge in [-0.15, -0.1) is 0 Å². The van der Waals surface area contributed by atoms with E-state index < -0.39 is 0 Å². The molecule has 1 heterocycles. The molecule has 0 spiro atoms. The van der Waals surface area contributed by atoms with E-state index in [1.165, 1.54) is 11.1 Å². The zero-order valence-corrected chi connectivity index (χ0v) is 20.4. The minimum absolute atomic E-state index is 0.0634. The maximum atomic E-state index is 13.1. The first-order valence-corrected chi connectivity index (χ1v) is 11.8. The van der Waals surface area contributed by atoms with Crippen LogP contribution in [0, 0.1) is 5.92 Å². The molecular weight excluding hydrogens is 416 g/mol. The van der Waals surface area contributed by atoms with Gasteiger partial charge in [0.1, 0.15) is 11.5 Å². The van der Waals surface area contributed by atoms with Gasteiger partial charge in [0.2, 0.25) is 0 Å². The van der Waals surface area contributed by atoms with E-state index in [9.17, 15) is 4.79 Å². The molecule has 2 aliphatic rings. The molecule has 0 radical (unpaired) electrons. The smallest absolute Gasteiger partial charge is 0.251 e. The second kappa shape index (κ2) is 9.74. The van der Waals surface area contributed by atoms with Crippen molar-refractivity contribution in [2.75, 3.05) is 41.0 Å². The number of amides is 1. The number of nitrogens with one attached hydrogen (secondary N) is 1. The number of carbonyl (C=O) groups is 1. The normalized spacial score (nSPS) is 24.2. The molecule has 6 heteroatoms. The number of benzene rings is 2. The van der Waals surface area contributed by atoms with E-state index in [1.807, 2.05) is 24.3 Å². The maximum absolute atomic E-state index is 13.1. The summed E-state index contributed by atoms with van der Waals surface area (Å²) in [6, 6.07) is 12.4. The number of likely N-dealkylation sites (tertiary alicyclic amines) is 1. The van der Waals surface area contributed by atoms with E-state index in [2.05, 4.69) is 36.2 Å². The molecule has 2 aromatic carbocycles. The first-order valence-electron chi connectivity index (χ1n) is 11.8. The SMILES string of the molecule is COCCN1CCC2(C)c3cc(C(=O)NCc4ccc(OC)cc4OC)ccc3CC1C2C. The molecule has 1 aliphatic heterocycles. The predicted molar refractivity (Wildman–Crippen MR) is 129 cm³/mol. The standard InChI is InChI=1S/C27H36N2O4/c1-18-24-15-19-6-7-20(14-23(19)27(18,2)10-11-29(24)12-13-31-3)26(30)28-17-21-8-9-22(32-4)16-25(21)33-5/h6-9,14,16,18,24H,10-13,15,17H2,1-5H3,(H,28,30). The summed E-state index contributed by atoms with van der Waals surface area (Å²) >= 11 is 0. The minimum Gasteiger partial charge on any atom is -0.497 e. The lowest BCUT2D eigenvalue weighted by Crippen LogP contribution is -2.58. The fraction of sp³-hybridized carbons (Fsp3) is 0.519. The van der Waals surface area contributed by atoms with Crippen LogP contribution in [0.15, 0.2) is 36.4 Å². The van der Waals surface area contributed by atoms with Crippen LogP contribution in [0.25, 0.3) is 0 Å². The van der Waals surface area contributed by atoms with Gasteiger partial charge in [-0.3, -0.25) is 9.69 Å². The Kier molecular flexibility index (Phi) is 6.96. The van der Waals surface area contributed by atoms with Crippen LogP contribution >= 0.6 is 0 Å². The Hall–Kier alpha value is -2.57. The Labute approximate surface area is 197 Å². The van der Waals surface area contributed by atoms with Gasteiger partial charge in [0.05, 0.1) is 20.8 Å². The van der Waals surface area contributed by atoms with Crippen molar-refractivity contribution < 1.29 is 19.0 Å². The largest absolute Gasteiger partial charge is 0.497 e. The molecule has 1 saturated heterocycles. The van der Waals surface area contributed by atoms with Gasteiger partial charge in [-0.05, 0) is 66.1 Å². The van der Waals surface area contributed by atoms with Gasteiger partial charge in [0, 0.05) is 43.4 Å². The summed E-state index contributed by atoms with van der Waals surface area (Å²) in [4.78, 5) is 15.6. The van der Waals surface area contributed by atoms with Crippen LogP contribution in [0.2, 0.25) is 0 Å². The molecule has 0 aromatic heterocycles. The number of fused-ring (bicyclic) bond motifs is 4. The van der Waals surface area contributed by atoms with Crippen LogP contribution in [-0.4, -0.2) is 57.9 Å². The zero-order chi connectivity index (χ0) is 23.6. The third-order valence-electron chi connectivity index (χ3n) is 7.90. The number of hydrogen-bond donors (Lipinski definition) is 1. The molecule has 33 heavy (non-hydrogen) atoms. The van der Waals surface area contributed by atoms with Gasteiger partial charge in [-0.1, -0.05) is 19.9 Å². The fourth-order valence-electron chi connectivity index (χ4n) is 5.61. The van der Waals surface area contributed by atoms with Gasteiger partial charge in [-0.2, -0.15) is 0 Å². The van der Waals surface area contributed by atoms with Gasteiger partial charge in [-0.25, -0.2) is 0 Å². The van der Waals surface area contributed by atoms with E-state index in [0.29, 0.717) is 24.3 Å². The first-order chi connectivity index (χ1) is 15.9. The van der Waals surface area contributed by atoms with Crippen molar-refractivity contribution in [1.29, 1.82) is 0 Å². The summed E-state index contributed by atoms with van der Waals surface area (Å²) < 4.78 is 16.1. The molecule has 1 aliphatic carbocycles. The van der Waals surface area contributed by atoms with Crippen LogP contribution in [0.4, 0.5) is 0 Å². The summed E-state index contributed by atoms with van der Waals surface area (Å²) in [5.74, 6) is 1.89. The number of carbonyl (C=O) groups excluding carboxylic acids is 1. The Balaban J connectivity index is 1.51. The maximum Gasteiger partial charge on any atom is 0.251 e. The average Bonchev–Trinajstić information content (AvgIpc) is 2.84. The Morgan fingerprint density at radius 2 is 1.97 bits per heavy atom. The number of methoxy groups -OCH3 is 3. The molecule has 1 N–H and O–H groups in total. The molecule has 1 amide bonds. The lowest BCUT2D eigenvalue weighted by molar-refractivity contribution is 0.0157. The molecule has 3 unspecified atom stereocenters. The molecule has 0 saturated carbocycles. The van der Waals surface area contributed by atoms with Crippen LogP contribution in [0.3, 0.4) is 0 Å². The fourth-order valence-corrected chi connectivity index (χ4v) is 5.61. The van der Waals surface area contributed by atoms with Crippen molar-refractivity contribution in [1.82, 2.24) is 10.2 Å². The third kappa shape index (κ3) is 4.46. The van der Waals surface area contributed by atoms with Crippen molar-refractivity contribution in [2.24, 2.45) is 5.92 Å². The molecule has 2 bridgehead atoms.